The summed E-state index contributed by atoms with van der Waals surface area (Å²) in [4.78, 5) is 42.7. The van der Waals surface area contributed by atoms with Crippen LogP contribution in [0.1, 0.15) is 206 Å². The van der Waals surface area contributed by atoms with Crippen LogP contribution < -0.4 is 0 Å². The quantitative estimate of drug-likeness (QED) is 0.0279. The van der Waals surface area contributed by atoms with Crippen molar-refractivity contribution in [3.05, 3.63) is 24.3 Å². The van der Waals surface area contributed by atoms with Gasteiger partial charge in [0.25, 0.3) is 0 Å². The Morgan fingerprint density at radius 1 is 0.520 bits per heavy atom. The molecular formula is C41H77O8P. The summed E-state index contributed by atoms with van der Waals surface area (Å²) in [5, 5.41) is 0. The number of phosphoric acid groups is 1. The molecule has 0 aliphatic carbocycles. The third kappa shape index (κ3) is 39.3. The Bertz CT molecular complexity index is 869. The number of ether oxygens (including phenoxy) is 2. The molecule has 0 saturated carbocycles. The van der Waals surface area contributed by atoms with Gasteiger partial charge in [-0.25, -0.2) is 4.57 Å². The van der Waals surface area contributed by atoms with E-state index in [1.165, 1.54) is 141 Å². The fourth-order valence-electron chi connectivity index (χ4n) is 5.90. The van der Waals surface area contributed by atoms with Crippen molar-refractivity contribution in [1.82, 2.24) is 0 Å². The lowest BCUT2D eigenvalue weighted by atomic mass is 10.0. The highest BCUT2D eigenvalue weighted by Crippen LogP contribution is 2.36. The number of unbranched alkanes of at least 4 members (excludes halogenated alkanes) is 24. The molecule has 0 aliphatic heterocycles. The molecule has 0 saturated heterocycles. The molecule has 0 aliphatic rings. The Morgan fingerprint density at radius 2 is 0.940 bits per heavy atom. The average molecular weight is 729 g/mol. The molecule has 0 aromatic heterocycles. The Kier molecular flexibility index (Phi) is 36.2. The first kappa shape index (κ1) is 48.5. The molecule has 294 valence electrons. The lowest BCUT2D eigenvalue weighted by Crippen LogP contribution is -2.29. The lowest BCUT2D eigenvalue weighted by molar-refractivity contribution is -0.161. The standard InChI is InChI=1S/C41H77O8P/c1-3-5-7-9-11-13-15-17-18-19-20-21-22-24-25-27-29-31-33-35-40(42)47-37-39(38-48-50(44,45)46)49-41(43)36-34-32-30-28-26-23-16-14-12-10-8-6-4-2/h23,26,30,32,39H,3-22,24-25,27-29,31,33-38H2,1-2H3,(H2,44,45,46)/b26-23+,32-30+. The van der Waals surface area contributed by atoms with Gasteiger partial charge >= 0.3 is 19.8 Å². The van der Waals surface area contributed by atoms with Gasteiger partial charge in [-0.1, -0.05) is 186 Å². The van der Waals surface area contributed by atoms with Crippen LogP contribution in [0, 0.1) is 0 Å². The van der Waals surface area contributed by atoms with E-state index in [2.05, 4.69) is 30.5 Å². The predicted molar refractivity (Wildman–Crippen MR) is 207 cm³/mol. The minimum atomic E-state index is -4.76. The molecule has 2 N–H and O–H groups in total. The molecule has 0 aromatic rings. The molecule has 0 amide bonds. The summed E-state index contributed by atoms with van der Waals surface area (Å²) in [6, 6.07) is 0. The summed E-state index contributed by atoms with van der Waals surface area (Å²) in [5.74, 6) is -0.955. The van der Waals surface area contributed by atoms with E-state index in [-0.39, 0.29) is 19.4 Å². The van der Waals surface area contributed by atoms with E-state index in [1.807, 2.05) is 12.2 Å². The number of allylic oxidation sites excluding steroid dienone is 4. The Labute approximate surface area is 307 Å². The highest BCUT2D eigenvalue weighted by Gasteiger charge is 2.22. The maximum Gasteiger partial charge on any atom is 0.469 e. The second kappa shape index (κ2) is 37.3. The summed E-state index contributed by atoms with van der Waals surface area (Å²) in [7, 11) is -4.76. The first-order chi connectivity index (χ1) is 24.3. The smallest absolute Gasteiger partial charge is 0.462 e. The van der Waals surface area contributed by atoms with Gasteiger partial charge in [0.15, 0.2) is 6.10 Å². The van der Waals surface area contributed by atoms with E-state index in [0.29, 0.717) is 6.42 Å². The van der Waals surface area contributed by atoms with Gasteiger partial charge in [0.2, 0.25) is 0 Å². The van der Waals surface area contributed by atoms with E-state index in [1.54, 1.807) is 0 Å². The molecular weight excluding hydrogens is 651 g/mol. The van der Waals surface area contributed by atoms with Crippen molar-refractivity contribution in [2.24, 2.45) is 0 Å². The molecule has 0 heterocycles. The first-order valence-corrected chi connectivity index (χ1v) is 22.2. The van der Waals surface area contributed by atoms with Crippen molar-refractivity contribution in [1.29, 1.82) is 0 Å². The fraction of sp³-hybridized carbons (Fsp3) is 0.854. The van der Waals surface area contributed by atoms with Crippen molar-refractivity contribution < 1.29 is 37.9 Å². The zero-order valence-electron chi connectivity index (χ0n) is 32.3. The van der Waals surface area contributed by atoms with Gasteiger partial charge in [0.05, 0.1) is 6.61 Å². The third-order valence-corrected chi connectivity index (χ3v) is 9.47. The van der Waals surface area contributed by atoms with Crippen molar-refractivity contribution in [2.45, 2.75) is 213 Å². The summed E-state index contributed by atoms with van der Waals surface area (Å²) >= 11 is 0. The zero-order chi connectivity index (χ0) is 36.8. The highest BCUT2D eigenvalue weighted by molar-refractivity contribution is 7.46. The Hall–Kier alpha value is -1.47. The maximum atomic E-state index is 12.3. The largest absolute Gasteiger partial charge is 0.469 e. The predicted octanol–water partition coefficient (Wildman–Crippen LogP) is 12.4. The number of phosphoric ester groups is 1. The molecule has 0 spiro atoms. The monoisotopic (exact) mass is 729 g/mol. The number of hydrogen-bond acceptors (Lipinski definition) is 6. The van der Waals surface area contributed by atoms with Crippen LogP contribution in [0.25, 0.3) is 0 Å². The van der Waals surface area contributed by atoms with E-state index in [0.717, 1.165) is 32.1 Å². The average Bonchev–Trinajstić information content (AvgIpc) is 3.08. The second-order valence-electron chi connectivity index (χ2n) is 14.0. The molecule has 0 fully saturated rings. The second-order valence-corrected chi connectivity index (χ2v) is 15.2. The van der Waals surface area contributed by atoms with E-state index in [9.17, 15) is 14.2 Å². The van der Waals surface area contributed by atoms with E-state index in [4.69, 9.17) is 19.3 Å². The molecule has 0 radical (unpaired) electrons. The maximum absolute atomic E-state index is 12.3. The number of carbonyl (C=O) groups excluding carboxylic acids is 2. The molecule has 50 heavy (non-hydrogen) atoms. The zero-order valence-corrected chi connectivity index (χ0v) is 33.2. The van der Waals surface area contributed by atoms with Crippen LogP contribution in [0.15, 0.2) is 24.3 Å². The van der Waals surface area contributed by atoms with Crippen LogP contribution in [-0.2, 0) is 28.2 Å². The Balaban J connectivity index is 3.92. The van der Waals surface area contributed by atoms with Gasteiger partial charge in [0, 0.05) is 12.8 Å². The summed E-state index contributed by atoms with van der Waals surface area (Å²) in [5.41, 5.74) is 0. The normalized spacial score (nSPS) is 12.6. The van der Waals surface area contributed by atoms with Crippen LogP contribution in [0.2, 0.25) is 0 Å². The topological polar surface area (TPSA) is 119 Å². The van der Waals surface area contributed by atoms with Gasteiger partial charge in [-0.2, -0.15) is 0 Å². The van der Waals surface area contributed by atoms with Crippen LogP contribution in [0.4, 0.5) is 0 Å². The SMILES string of the molecule is CCCCCCCC/C=C/C/C=C/CCC(=O)OC(COC(=O)CCCCCCCCCCCCCCCCCCCCC)COP(=O)(O)O. The van der Waals surface area contributed by atoms with Crippen molar-refractivity contribution >= 4 is 19.8 Å². The van der Waals surface area contributed by atoms with E-state index >= 15 is 0 Å². The van der Waals surface area contributed by atoms with Gasteiger partial charge in [-0.05, 0) is 32.1 Å². The summed E-state index contributed by atoms with van der Waals surface area (Å²) in [6.45, 7) is 3.64. The molecule has 0 bridgehead atoms. The highest BCUT2D eigenvalue weighted by atomic mass is 31.2. The molecule has 0 rings (SSSR count). The minimum Gasteiger partial charge on any atom is -0.462 e. The first-order valence-electron chi connectivity index (χ1n) is 20.6. The van der Waals surface area contributed by atoms with Crippen molar-refractivity contribution in [2.75, 3.05) is 13.2 Å². The van der Waals surface area contributed by atoms with Gasteiger partial charge < -0.3 is 19.3 Å². The Morgan fingerprint density at radius 3 is 1.40 bits per heavy atom. The van der Waals surface area contributed by atoms with Crippen molar-refractivity contribution in [3.63, 3.8) is 0 Å². The van der Waals surface area contributed by atoms with Crippen LogP contribution in [-0.4, -0.2) is 41.0 Å². The fourth-order valence-corrected chi connectivity index (χ4v) is 6.26. The van der Waals surface area contributed by atoms with Crippen LogP contribution in [0.3, 0.4) is 0 Å². The molecule has 0 aromatic carbocycles. The lowest BCUT2D eigenvalue weighted by Gasteiger charge is -2.18. The van der Waals surface area contributed by atoms with Gasteiger partial charge in [-0.15, -0.1) is 0 Å². The molecule has 1 unspecified atom stereocenters. The molecule has 9 heteroatoms. The van der Waals surface area contributed by atoms with Crippen molar-refractivity contribution in [3.8, 4) is 0 Å². The number of esters is 2. The number of rotatable bonds is 38. The third-order valence-electron chi connectivity index (χ3n) is 8.99. The summed E-state index contributed by atoms with van der Waals surface area (Å²) < 4.78 is 26.3. The van der Waals surface area contributed by atoms with Crippen LogP contribution >= 0.6 is 7.82 Å². The molecule has 8 nitrogen and oxygen atoms in total. The minimum absolute atomic E-state index is 0.109. The van der Waals surface area contributed by atoms with Gasteiger partial charge in [0.1, 0.15) is 6.61 Å². The summed E-state index contributed by atoms with van der Waals surface area (Å²) in [6.07, 6.45) is 42.1. The number of hydrogen-bond donors (Lipinski definition) is 2. The van der Waals surface area contributed by atoms with Crippen LogP contribution in [0.5, 0.6) is 0 Å². The van der Waals surface area contributed by atoms with E-state index < -0.39 is 32.5 Å². The number of carbonyl (C=O) groups is 2. The molecule has 1 atom stereocenters. The van der Waals surface area contributed by atoms with Gasteiger partial charge in [-0.3, -0.25) is 14.1 Å².